The van der Waals surface area contributed by atoms with Gasteiger partial charge in [-0.05, 0) is 37.4 Å². The van der Waals surface area contributed by atoms with Crippen LogP contribution in [-0.4, -0.2) is 53.4 Å². The smallest absolute Gasteiger partial charge is 0.254 e. The lowest BCUT2D eigenvalue weighted by Gasteiger charge is -2.29. The molecule has 0 saturated carbocycles. The van der Waals surface area contributed by atoms with E-state index in [1.54, 1.807) is 0 Å². The molecule has 2 aromatic carbocycles. The lowest BCUT2D eigenvalue weighted by atomic mass is 10.2. The highest BCUT2D eigenvalue weighted by atomic mass is 16.5. The number of ether oxygens (including phenoxy) is 1. The van der Waals surface area contributed by atoms with Gasteiger partial charge in [0.1, 0.15) is 6.10 Å². The van der Waals surface area contributed by atoms with Gasteiger partial charge in [-0.1, -0.05) is 18.2 Å². The summed E-state index contributed by atoms with van der Waals surface area (Å²) < 4.78 is 7.43. The Kier molecular flexibility index (Phi) is 4.21. The van der Waals surface area contributed by atoms with E-state index in [4.69, 9.17) is 4.74 Å². The third-order valence-electron chi connectivity index (χ3n) is 4.42. The first-order valence-electron chi connectivity index (χ1n) is 8.35. The van der Waals surface area contributed by atoms with Gasteiger partial charge < -0.3 is 15.0 Å². The Labute approximate surface area is 146 Å². The van der Waals surface area contributed by atoms with Gasteiger partial charge in [-0.25, -0.2) is 4.68 Å². The topological polar surface area (TPSA) is 59.4 Å². The third kappa shape index (κ3) is 3.26. The summed E-state index contributed by atoms with van der Waals surface area (Å²) in [6.45, 7) is 2.05. The fourth-order valence-corrected chi connectivity index (χ4v) is 3.02. The molecule has 1 aliphatic heterocycles. The molecule has 1 aliphatic rings. The highest BCUT2D eigenvalue weighted by Gasteiger charge is 2.24. The van der Waals surface area contributed by atoms with Crippen LogP contribution >= 0.6 is 0 Å². The average molecular weight is 336 g/mol. The number of anilines is 1. The van der Waals surface area contributed by atoms with Crippen molar-refractivity contribution in [2.75, 3.05) is 32.1 Å². The summed E-state index contributed by atoms with van der Waals surface area (Å²) in [5.74, 6) is -0.108. The number of amides is 1. The maximum Gasteiger partial charge on any atom is 0.254 e. The monoisotopic (exact) mass is 336 g/mol. The first-order valence-corrected chi connectivity index (χ1v) is 8.35. The number of aromatic nitrogens is 2. The zero-order valence-electron chi connectivity index (χ0n) is 14.1. The van der Waals surface area contributed by atoms with E-state index in [2.05, 4.69) is 15.3 Å². The second kappa shape index (κ2) is 6.66. The third-order valence-corrected chi connectivity index (χ3v) is 4.42. The van der Waals surface area contributed by atoms with Crippen LogP contribution < -0.4 is 5.32 Å². The van der Waals surface area contributed by atoms with E-state index in [9.17, 15) is 4.79 Å². The summed E-state index contributed by atoms with van der Waals surface area (Å²) in [4.78, 5) is 14.4. The summed E-state index contributed by atoms with van der Waals surface area (Å²) >= 11 is 0. The van der Waals surface area contributed by atoms with E-state index in [1.165, 1.54) is 0 Å². The number of rotatable bonds is 3. The molecule has 1 fully saturated rings. The van der Waals surface area contributed by atoms with Gasteiger partial charge in [-0.2, -0.15) is 5.10 Å². The SMILES string of the molecule is CN1CCOC(C(=O)Nc2ccc(-n3ncc4ccccc43)cc2)C1. The van der Waals surface area contributed by atoms with Gasteiger partial charge in [0.25, 0.3) is 5.91 Å². The van der Waals surface area contributed by atoms with Crippen LogP contribution in [0.3, 0.4) is 0 Å². The van der Waals surface area contributed by atoms with Crippen molar-refractivity contribution in [3.05, 3.63) is 54.7 Å². The number of nitrogens with zero attached hydrogens (tertiary/aromatic N) is 3. The number of para-hydroxylation sites is 1. The molecule has 1 atom stereocenters. The number of benzene rings is 2. The Hall–Kier alpha value is -2.70. The number of fused-ring (bicyclic) bond motifs is 1. The number of carbonyl (C=O) groups is 1. The van der Waals surface area contributed by atoms with Crippen LogP contribution in [0.5, 0.6) is 0 Å². The predicted molar refractivity (Wildman–Crippen MR) is 96.9 cm³/mol. The van der Waals surface area contributed by atoms with Gasteiger partial charge in [0.15, 0.2) is 0 Å². The van der Waals surface area contributed by atoms with Crippen molar-refractivity contribution >= 4 is 22.5 Å². The fourth-order valence-electron chi connectivity index (χ4n) is 3.02. The van der Waals surface area contributed by atoms with Crippen molar-refractivity contribution in [2.45, 2.75) is 6.10 Å². The highest BCUT2D eigenvalue weighted by Crippen LogP contribution is 2.19. The molecule has 1 saturated heterocycles. The zero-order valence-corrected chi connectivity index (χ0v) is 14.1. The van der Waals surface area contributed by atoms with E-state index < -0.39 is 6.10 Å². The molecule has 0 spiro atoms. The molecular formula is C19H20N4O2. The molecule has 3 aromatic rings. The molecule has 1 unspecified atom stereocenters. The molecule has 1 amide bonds. The van der Waals surface area contributed by atoms with Crippen LogP contribution in [0.15, 0.2) is 54.7 Å². The second-order valence-corrected chi connectivity index (χ2v) is 6.27. The summed E-state index contributed by atoms with van der Waals surface area (Å²) in [5, 5.41) is 8.46. The largest absolute Gasteiger partial charge is 0.366 e. The molecule has 25 heavy (non-hydrogen) atoms. The van der Waals surface area contributed by atoms with Gasteiger partial charge in [-0.15, -0.1) is 0 Å². The van der Waals surface area contributed by atoms with E-state index in [-0.39, 0.29) is 5.91 Å². The number of carbonyl (C=O) groups excluding carboxylic acids is 1. The second-order valence-electron chi connectivity index (χ2n) is 6.27. The van der Waals surface area contributed by atoms with Crippen molar-refractivity contribution in [1.29, 1.82) is 0 Å². The Balaban J connectivity index is 1.49. The molecule has 6 heteroatoms. The number of likely N-dealkylation sites (N-methyl/N-ethyl adjacent to an activating group) is 1. The highest BCUT2D eigenvalue weighted by molar-refractivity contribution is 5.94. The lowest BCUT2D eigenvalue weighted by Crippen LogP contribution is -2.46. The summed E-state index contributed by atoms with van der Waals surface area (Å²) in [7, 11) is 1.99. The predicted octanol–water partition coefficient (Wildman–Crippen LogP) is 2.29. The number of morpholine rings is 1. The molecule has 0 radical (unpaired) electrons. The molecule has 6 nitrogen and oxygen atoms in total. The normalized spacial score (nSPS) is 18.4. The first kappa shape index (κ1) is 15.8. The summed E-state index contributed by atoms with van der Waals surface area (Å²) in [6.07, 6.45) is 1.43. The maximum atomic E-state index is 12.3. The van der Waals surface area contributed by atoms with E-state index >= 15 is 0 Å². The van der Waals surface area contributed by atoms with Crippen LogP contribution in [-0.2, 0) is 9.53 Å². The molecule has 2 heterocycles. The fraction of sp³-hybridized carbons (Fsp3) is 0.263. The minimum absolute atomic E-state index is 0.108. The molecule has 4 rings (SSSR count). The van der Waals surface area contributed by atoms with E-state index in [0.717, 1.165) is 28.8 Å². The van der Waals surface area contributed by atoms with Gasteiger partial charge in [0.05, 0.1) is 24.0 Å². The molecule has 128 valence electrons. The van der Waals surface area contributed by atoms with Crippen LogP contribution in [0.1, 0.15) is 0 Å². The Bertz CT molecular complexity index is 888. The van der Waals surface area contributed by atoms with Gasteiger partial charge >= 0.3 is 0 Å². The standard InChI is InChI=1S/C19H20N4O2/c1-22-10-11-25-18(13-22)19(24)21-15-6-8-16(9-7-15)23-17-5-3-2-4-14(17)12-20-23/h2-9,12,18H,10-11,13H2,1H3,(H,21,24). The van der Waals surface area contributed by atoms with Gasteiger partial charge in [-0.3, -0.25) is 4.79 Å². The molecule has 1 N–H and O–H groups in total. The van der Waals surface area contributed by atoms with Crippen molar-refractivity contribution in [1.82, 2.24) is 14.7 Å². The first-order chi connectivity index (χ1) is 12.2. The van der Waals surface area contributed by atoms with Crippen LogP contribution in [0.2, 0.25) is 0 Å². The van der Waals surface area contributed by atoms with Gasteiger partial charge in [0.2, 0.25) is 0 Å². The average Bonchev–Trinajstić information content (AvgIpc) is 3.06. The molecular weight excluding hydrogens is 316 g/mol. The van der Waals surface area contributed by atoms with E-state index in [0.29, 0.717) is 13.2 Å². The van der Waals surface area contributed by atoms with Gasteiger partial charge in [0, 0.05) is 24.2 Å². The molecule has 0 bridgehead atoms. The minimum Gasteiger partial charge on any atom is -0.366 e. The Morgan fingerprint density at radius 1 is 1.20 bits per heavy atom. The number of hydrogen-bond donors (Lipinski definition) is 1. The number of hydrogen-bond acceptors (Lipinski definition) is 4. The molecule has 0 aliphatic carbocycles. The zero-order chi connectivity index (χ0) is 17.2. The summed E-state index contributed by atoms with van der Waals surface area (Å²) in [6, 6.07) is 15.7. The minimum atomic E-state index is -0.423. The maximum absolute atomic E-state index is 12.3. The van der Waals surface area contributed by atoms with Crippen LogP contribution in [0, 0.1) is 0 Å². The summed E-state index contributed by atoms with van der Waals surface area (Å²) in [5.41, 5.74) is 2.76. The quantitative estimate of drug-likeness (QED) is 0.797. The van der Waals surface area contributed by atoms with Crippen molar-refractivity contribution < 1.29 is 9.53 Å². The Morgan fingerprint density at radius 3 is 2.80 bits per heavy atom. The number of nitrogens with one attached hydrogen (secondary N) is 1. The van der Waals surface area contributed by atoms with Crippen LogP contribution in [0.4, 0.5) is 5.69 Å². The molecule has 1 aromatic heterocycles. The van der Waals surface area contributed by atoms with Crippen molar-refractivity contribution in [3.63, 3.8) is 0 Å². The van der Waals surface area contributed by atoms with Crippen molar-refractivity contribution in [3.8, 4) is 5.69 Å². The van der Waals surface area contributed by atoms with E-state index in [1.807, 2.05) is 66.5 Å². The Morgan fingerprint density at radius 2 is 2.00 bits per heavy atom. The van der Waals surface area contributed by atoms with Crippen LogP contribution in [0.25, 0.3) is 16.6 Å². The lowest BCUT2D eigenvalue weighted by molar-refractivity contribution is -0.132. The van der Waals surface area contributed by atoms with Crippen molar-refractivity contribution in [2.24, 2.45) is 0 Å².